The second-order valence-corrected chi connectivity index (χ2v) is 4.99. The van der Waals surface area contributed by atoms with Crippen LogP contribution in [0.25, 0.3) is 0 Å². The van der Waals surface area contributed by atoms with Crippen molar-refractivity contribution in [3.05, 3.63) is 17.5 Å². The van der Waals surface area contributed by atoms with Crippen molar-refractivity contribution in [1.29, 1.82) is 5.26 Å². The lowest BCUT2D eigenvalue weighted by Gasteiger charge is -2.36. The molecule has 0 aromatic carbocycles. The van der Waals surface area contributed by atoms with Crippen LogP contribution < -0.4 is 0 Å². The van der Waals surface area contributed by atoms with E-state index in [1.165, 1.54) is 0 Å². The van der Waals surface area contributed by atoms with E-state index in [2.05, 4.69) is 16.1 Å². The number of hydrogen-bond donors (Lipinski definition) is 0. The summed E-state index contributed by atoms with van der Waals surface area (Å²) in [6, 6.07) is 3.84. The van der Waals surface area contributed by atoms with Crippen LogP contribution in [-0.4, -0.2) is 60.2 Å². The lowest BCUT2D eigenvalue weighted by Crippen LogP contribution is -2.51. The SMILES string of the molecule is CCC(C#N)N1CCN(C(=O)c2cc(COC)on2)CC1. The first-order valence-electron chi connectivity index (χ1n) is 7.07. The molecule has 1 fully saturated rings. The molecule has 1 aliphatic heterocycles. The van der Waals surface area contributed by atoms with Gasteiger partial charge in [0.15, 0.2) is 11.5 Å². The Bertz CT molecular complexity index is 515. The van der Waals surface area contributed by atoms with E-state index >= 15 is 0 Å². The Labute approximate surface area is 124 Å². The number of amides is 1. The molecule has 0 saturated carbocycles. The summed E-state index contributed by atoms with van der Waals surface area (Å²) in [6.45, 7) is 4.92. The first kappa shape index (κ1) is 15.5. The Morgan fingerprint density at radius 2 is 2.24 bits per heavy atom. The van der Waals surface area contributed by atoms with Crippen molar-refractivity contribution < 1.29 is 14.1 Å². The molecule has 2 rings (SSSR count). The third-order valence-corrected chi connectivity index (χ3v) is 3.64. The van der Waals surface area contributed by atoms with Gasteiger partial charge in [0.05, 0.1) is 12.1 Å². The Hall–Kier alpha value is -1.91. The van der Waals surface area contributed by atoms with Gasteiger partial charge in [0, 0.05) is 39.4 Å². The van der Waals surface area contributed by atoms with Crippen molar-refractivity contribution in [3.8, 4) is 6.07 Å². The molecule has 0 radical (unpaired) electrons. The highest BCUT2D eigenvalue weighted by molar-refractivity contribution is 5.92. The van der Waals surface area contributed by atoms with Gasteiger partial charge in [-0.3, -0.25) is 9.69 Å². The molecule has 0 spiro atoms. The number of piperazine rings is 1. The van der Waals surface area contributed by atoms with Crippen molar-refractivity contribution >= 4 is 5.91 Å². The van der Waals surface area contributed by atoms with Crippen molar-refractivity contribution in [3.63, 3.8) is 0 Å². The van der Waals surface area contributed by atoms with Gasteiger partial charge in [0.25, 0.3) is 5.91 Å². The second kappa shape index (κ2) is 7.20. The fraction of sp³-hybridized carbons (Fsp3) is 0.643. The van der Waals surface area contributed by atoms with E-state index < -0.39 is 0 Å². The number of carbonyl (C=O) groups excluding carboxylic acids is 1. The van der Waals surface area contributed by atoms with Crippen LogP contribution in [0.3, 0.4) is 0 Å². The van der Waals surface area contributed by atoms with Crippen LogP contribution in [0, 0.1) is 11.3 Å². The number of ether oxygens (including phenoxy) is 1. The summed E-state index contributed by atoms with van der Waals surface area (Å²) in [5, 5.41) is 12.9. The molecule has 114 valence electrons. The van der Waals surface area contributed by atoms with Gasteiger partial charge in [0.2, 0.25) is 0 Å². The zero-order chi connectivity index (χ0) is 15.2. The Balaban J connectivity index is 1.92. The third-order valence-electron chi connectivity index (χ3n) is 3.64. The van der Waals surface area contributed by atoms with Crippen molar-refractivity contribution in [2.24, 2.45) is 0 Å². The van der Waals surface area contributed by atoms with Gasteiger partial charge in [-0.25, -0.2) is 0 Å². The van der Waals surface area contributed by atoms with Crippen molar-refractivity contribution in [2.45, 2.75) is 26.0 Å². The van der Waals surface area contributed by atoms with E-state index in [1.54, 1.807) is 18.1 Å². The van der Waals surface area contributed by atoms with Gasteiger partial charge < -0.3 is 14.2 Å². The minimum absolute atomic E-state index is 0.0670. The van der Waals surface area contributed by atoms with Crippen LogP contribution in [-0.2, 0) is 11.3 Å². The van der Waals surface area contributed by atoms with E-state index in [4.69, 9.17) is 14.5 Å². The molecule has 1 amide bonds. The number of carbonyl (C=O) groups is 1. The number of nitrogens with zero attached hydrogens (tertiary/aromatic N) is 4. The van der Waals surface area contributed by atoms with E-state index in [0.29, 0.717) is 44.2 Å². The highest BCUT2D eigenvalue weighted by Gasteiger charge is 2.27. The first-order chi connectivity index (χ1) is 10.2. The maximum absolute atomic E-state index is 12.3. The smallest absolute Gasteiger partial charge is 0.276 e. The van der Waals surface area contributed by atoms with Crippen LogP contribution in [0.5, 0.6) is 0 Å². The molecule has 1 unspecified atom stereocenters. The van der Waals surface area contributed by atoms with E-state index in [0.717, 1.165) is 6.42 Å². The molecule has 0 aliphatic carbocycles. The Kier molecular flexibility index (Phi) is 5.31. The minimum atomic E-state index is -0.134. The monoisotopic (exact) mass is 292 g/mol. The minimum Gasteiger partial charge on any atom is -0.377 e. The highest BCUT2D eigenvalue weighted by Crippen LogP contribution is 2.13. The fourth-order valence-electron chi connectivity index (χ4n) is 2.45. The predicted molar refractivity (Wildman–Crippen MR) is 74.4 cm³/mol. The van der Waals surface area contributed by atoms with Crippen LogP contribution in [0.4, 0.5) is 0 Å². The molecule has 2 heterocycles. The molecule has 1 aliphatic rings. The third kappa shape index (κ3) is 3.60. The van der Waals surface area contributed by atoms with Crippen LogP contribution in [0.2, 0.25) is 0 Å². The van der Waals surface area contributed by atoms with Crippen LogP contribution in [0.15, 0.2) is 10.6 Å². The second-order valence-electron chi connectivity index (χ2n) is 4.99. The zero-order valence-electron chi connectivity index (χ0n) is 12.4. The predicted octanol–water partition coefficient (Wildman–Crippen LogP) is 0.881. The van der Waals surface area contributed by atoms with E-state index in [-0.39, 0.29) is 11.9 Å². The van der Waals surface area contributed by atoms with Gasteiger partial charge in [-0.2, -0.15) is 5.26 Å². The number of aromatic nitrogens is 1. The Morgan fingerprint density at radius 1 is 1.52 bits per heavy atom. The largest absolute Gasteiger partial charge is 0.377 e. The van der Waals surface area contributed by atoms with Crippen LogP contribution >= 0.6 is 0 Å². The van der Waals surface area contributed by atoms with Gasteiger partial charge in [-0.05, 0) is 6.42 Å². The lowest BCUT2D eigenvalue weighted by atomic mass is 10.1. The summed E-state index contributed by atoms with van der Waals surface area (Å²) in [5.74, 6) is 0.403. The summed E-state index contributed by atoms with van der Waals surface area (Å²) in [7, 11) is 1.56. The summed E-state index contributed by atoms with van der Waals surface area (Å²) in [5.41, 5.74) is 0.308. The molecule has 1 aromatic rings. The number of hydrogen-bond acceptors (Lipinski definition) is 6. The molecule has 1 saturated heterocycles. The molecule has 0 bridgehead atoms. The fourth-order valence-corrected chi connectivity index (χ4v) is 2.45. The molecule has 1 aromatic heterocycles. The summed E-state index contributed by atoms with van der Waals surface area (Å²) in [6.07, 6.45) is 0.800. The highest BCUT2D eigenvalue weighted by atomic mass is 16.5. The summed E-state index contributed by atoms with van der Waals surface area (Å²) < 4.78 is 9.97. The summed E-state index contributed by atoms with van der Waals surface area (Å²) in [4.78, 5) is 16.2. The molecule has 0 N–H and O–H groups in total. The summed E-state index contributed by atoms with van der Waals surface area (Å²) >= 11 is 0. The molecular formula is C14H20N4O3. The standard InChI is InChI=1S/C14H20N4O3/c1-3-11(9-15)17-4-6-18(7-5-17)14(19)13-8-12(10-20-2)21-16-13/h8,11H,3-7,10H2,1-2H3. The zero-order valence-corrected chi connectivity index (χ0v) is 12.4. The Morgan fingerprint density at radius 3 is 2.81 bits per heavy atom. The van der Waals surface area contributed by atoms with Crippen LogP contribution in [0.1, 0.15) is 29.6 Å². The quantitative estimate of drug-likeness (QED) is 0.801. The van der Waals surface area contributed by atoms with Crippen molar-refractivity contribution in [2.75, 3.05) is 33.3 Å². The maximum atomic E-state index is 12.3. The lowest BCUT2D eigenvalue weighted by molar-refractivity contribution is 0.0594. The molecule has 7 nitrogen and oxygen atoms in total. The topological polar surface area (TPSA) is 82.6 Å². The van der Waals surface area contributed by atoms with Gasteiger partial charge in [0.1, 0.15) is 6.61 Å². The molecular weight excluding hydrogens is 272 g/mol. The maximum Gasteiger partial charge on any atom is 0.276 e. The van der Waals surface area contributed by atoms with Gasteiger partial charge in [-0.15, -0.1) is 0 Å². The average molecular weight is 292 g/mol. The molecule has 7 heteroatoms. The average Bonchev–Trinajstić information content (AvgIpc) is 2.97. The number of rotatable bonds is 5. The number of nitriles is 1. The first-order valence-corrected chi connectivity index (χ1v) is 7.07. The molecule has 1 atom stereocenters. The van der Waals surface area contributed by atoms with E-state index in [1.807, 2.05) is 6.92 Å². The normalized spacial score (nSPS) is 17.5. The van der Waals surface area contributed by atoms with Gasteiger partial charge in [-0.1, -0.05) is 12.1 Å². The van der Waals surface area contributed by atoms with E-state index in [9.17, 15) is 4.79 Å². The number of methoxy groups -OCH3 is 1. The van der Waals surface area contributed by atoms with Crippen molar-refractivity contribution in [1.82, 2.24) is 15.0 Å². The molecule has 21 heavy (non-hydrogen) atoms. The van der Waals surface area contributed by atoms with Gasteiger partial charge >= 0.3 is 0 Å².